The number of hydrogen-bond donors (Lipinski definition) is 1. The first-order chi connectivity index (χ1) is 11.0. The summed E-state index contributed by atoms with van der Waals surface area (Å²) in [5.41, 5.74) is 1.68. The van der Waals surface area contributed by atoms with Gasteiger partial charge in [-0.25, -0.2) is 9.97 Å². The second-order valence-electron chi connectivity index (χ2n) is 5.06. The molecule has 0 fully saturated rings. The van der Waals surface area contributed by atoms with E-state index in [-0.39, 0.29) is 11.7 Å². The molecular weight excluding hydrogens is 350 g/mol. The van der Waals surface area contributed by atoms with Crippen LogP contribution in [0.3, 0.4) is 0 Å². The standard InChI is InChI=1S/C16H14ClN3OS2/c1-9-3-4-11(6-13(9)17)20-14(21)7-22-15-12-5-10(2)23-16(12)19-8-18-15/h3-6,8H,7H2,1-2H3,(H,20,21). The smallest absolute Gasteiger partial charge is 0.234 e. The summed E-state index contributed by atoms with van der Waals surface area (Å²) in [6.07, 6.45) is 1.54. The number of fused-ring (bicyclic) bond motifs is 1. The zero-order valence-electron chi connectivity index (χ0n) is 12.6. The van der Waals surface area contributed by atoms with Gasteiger partial charge < -0.3 is 5.32 Å². The van der Waals surface area contributed by atoms with Crippen LogP contribution in [-0.4, -0.2) is 21.6 Å². The van der Waals surface area contributed by atoms with Gasteiger partial charge in [-0.05, 0) is 37.6 Å². The van der Waals surface area contributed by atoms with Gasteiger partial charge in [-0.15, -0.1) is 11.3 Å². The minimum absolute atomic E-state index is 0.0892. The molecule has 3 aromatic rings. The lowest BCUT2D eigenvalue weighted by Gasteiger charge is -2.07. The topological polar surface area (TPSA) is 54.9 Å². The van der Waals surface area contributed by atoms with Gasteiger partial charge in [0.25, 0.3) is 0 Å². The molecule has 0 spiro atoms. The van der Waals surface area contributed by atoms with E-state index in [0.29, 0.717) is 10.7 Å². The van der Waals surface area contributed by atoms with E-state index in [1.807, 2.05) is 26.0 Å². The number of aromatic nitrogens is 2. The van der Waals surface area contributed by atoms with Crippen molar-refractivity contribution < 1.29 is 4.79 Å². The van der Waals surface area contributed by atoms with Gasteiger partial charge in [-0.3, -0.25) is 4.79 Å². The highest BCUT2D eigenvalue weighted by Crippen LogP contribution is 2.30. The Morgan fingerprint density at radius 1 is 1.30 bits per heavy atom. The van der Waals surface area contributed by atoms with Gasteiger partial charge in [0, 0.05) is 21.0 Å². The third-order valence-corrected chi connectivity index (χ3v) is 5.58. The number of amides is 1. The van der Waals surface area contributed by atoms with Crippen LogP contribution in [0.4, 0.5) is 5.69 Å². The van der Waals surface area contributed by atoms with E-state index in [1.54, 1.807) is 17.4 Å². The zero-order chi connectivity index (χ0) is 16.4. The fourth-order valence-corrected chi connectivity index (χ4v) is 3.94. The summed E-state index contributed by atoms with van der Waals surface area (Å²) in [5, 5.41) is 5.32. The second-order valence-corrected chi connectivity index (χ2v) is 7.66. The molecular formula is C16H14ClN3OS2. The van der Waals surface area contributed by atoms with Gasteiger partial charge in [0.1, 0.15) is 16.2 Å². The summed E-state index contributed by atoms with van der Waals surface area (Å²) in [7, 11) is 0. The number of nitrogens with one attached hydrogen (secondary N) is 1. The summed E-state index contributed by atoms with van der Waals surface area (Å²) < 4.78 is 0. The molecule has 0 bridgehead atoms. The Morgan fingerprint density at radius 3 is 2.91 bits per heavy atom. The number of anilines is 1. The van der Waals surface area contributed by atoms with E-state index < -0.39 is 0 Å². The molecule has 0 aliphatic heterocycles. The van der Waals surface area contributed by atoms with Crippen molar-refractivity contribution in [1.29, 1.82) is 0 Å². The molecule has 2 aromatic heterocycles. The summed E-state index contributed by atoms with van der Waals surface area (Å²) in [6, 6.07) is 7.53. The number of thioether (sulfide) groups is 1. The molecule has 118 valence electrons. The highest BCUT2D eigenvalue weighted by atomic mass is 35.5. The highest BCUT2D eigenvalue weighted by Gasteiger charge is 2.10. The number of rotatable bonds is 4. The van der Waals surface area contributed by atoms with Crippen LogP contribution < -0.4 is 5.32 Å². The number of carbonyl (C=O) groups excluding carboxylic acids is 1. The Kier molecular flexibility index (Phi) is 4.84. The van der Waals surface area contributed by atoms with Crippen molar-refractivity contribution in [3.8, 4) is 0 Å². The van der Waals surface area contributed by atoms with E-state index in [1.165, 1.54) is 23.0 Å². The van der Waals surface area contributed by atoms with E-state index >= 15 is 0 Å². The maximum Gasteiger partial charge on any atom is 0.234 e. The van der Waals surface area contributed by atoms with Gasteiger partial charge in [0.2, 0.25) is 5.91 Å². The molecule has 0 unspecified atom stereocenters. The van der Waals surface area contributed by atoms with Crippen molar-refractivity contribution in [2.75, 3.05) is 11.1 Å². The quantitative estimate of drug-likeness (QED) is 0.539. The molecule has 23 heavy (non-hydrogen) atoms. The Balaban J connectivity index is 1.67. The zero-order valence-corrected chi connectivity index (χ0v) is 15.0. The predicted molar refractivity (Wildman–Crippen MR) is 97.7 cm³/mol. The molecule has 0 saturated heterocycles. The Labute approximate surface area is 147 Å². The average molecular weight is 364 g/mol. The molecule has 7 heteroatoms. The monoisotopic (exact) mass is 363 g/mol. The fourth-order valence-electron chi connectivity index (χ4n) is 2.07. The molecule has 2 heterocycles. The van der Waals surface area contributed by atoms with Gasteiger partial charge in [-0.2, -0.15) is 0 Å². The third-order valence-electron chi connectivity index (χ3n) is 3.21. The minimum atomic E-state index is -0.0892. The van der Waals surface area contributed by atoms with Gasteiger partial charge >= 0.3 is 0 Å². The van der Waals surface area contributed by atoms with Crippen LogP contribution in [-0.2, 0) is 4.79 Å². The molecule has 0 saturated carbocycles. The van der Waals surface area contributed by atoms with Crippen LogP contribution in [0.15, 0.2) is 35.6 Å². The number of thiophene rings is 1. The first-order valence-electron chi connectivity index (χ1n) is 6.93. The maximum atomic E-state index is 12.1. The molecule has 1 aromatic carbocycles. The van der Waals surface area contributed by atoms with Gasteiger partial charge in [-0.1, -0.05) is 29.4 Å². The number of benzene rings is 1. The normalized spacial score (nSPS) is 10.9. The molecule has 3 rings (SSSR count). The lowest BCUT2D eigenvalue weighted by molar-refractivity contribution is -0.113. The lowest BCUT2D eigenvalue weighted by Crippen LogP contribution is -2.14. The summed E-state index contributed by atoms with van der Waals surface area (Å²) in [6.45, 7) is 3.96. The van der Waals surface area contributed by atoms with E-state index in [4.69, 9.17) is 11.6 Å². The van der Waals surface area contributed by atoms with E-state index in [0.717, 1.165) is 20.8 Å². The molecule has 4 nitrogen and oxygen atoms in total. The number of hydrogen-bond acceptors (Lipinski definition) is 5. The van der Waals surface area contributed by atoms with Crippen molar-refractivity contribution >= 4 is 56.5 Å². The Hall–Kier alpha value is -1.63. The van der Waals surface area contributed by atoms with Crippen LogP contribution in [0, 0.1) is 13.8 Å². The predicted octanol–water partition coefficient (Wildman–Crippen LogP) is 4.69. The van der Waals surface area contributed by atoms with Crippen molar-refractivity contribution in [3.05, 3.63) is 46.1 Å². The molecule has 1 N–H and O–H groups in total. The van der Waals surface area contributed by atoms with Crippen LogP contribution in [0.2, 0.25) is 5.02 Å². The van der Waals surface area contributed by atoms with Gasteiger partial charge in [0.15, 0.2) is 0 Å². The number of halogens is 1. The summed E-state index contributed by atoms with van der Waals surface area (Å²) in [4.78, 5) is 22.8. The summed E-state index contributed by atoms with van der Waals surface area (Å²) >= 11 is 9.10. The molecule has 0 radical (unpaired) electrons. The average Bonchev–Trinajstić information content (AvgIpc) is 2.89. The van der Waals surface area contributed by atoms with Crippen molar-refractivity contribution in [2.24, 2.45) is 0 Å². The number of nitrogens with zero attached hydrogens (tertiary/aromatic N) is 2. The lowest BCUT2D eigenvalue weighted by atomic mass is 10.2. The van der Waals surface area contributed by atoms with E-state index in [9.17, 15) is 4.79 Å². The van der Waals surface area contributed by atoms with Crippen LogP contribution >= 0.6 is 34.7 Å². The van der Waals surface area contributed by atoms with Crippen LogP contribution in [0.5, 0.6) is 0 Å². The minimum Gasteiger partial charge on any atom is -0.325 e. The van der Waals surface area contributed by atoms with Crippen molar-refractivity contribution in [1.82, 2.24) is 9.97 Å². The summed E-state index contributed by atoms with van der Waals surface area (Å²) in [5.74, 6) is 0.195. The molecule has 0 atom stereocenters. The second kappa shape index (κ2) is 6.86. The Bertz CT molecular complexity index is 879. The van der Waals surface area contributed by atoms with Crippen molar-refractivity contribution in [3.63, 3.8) is 0 Å². The third kappa shape index (κ3) is 3.83. The number of carbonyl (C=O) groups is 1. The SMILES string of the molecule is Cc1cc2c(SCC(=O)Nc3ccc(C)c(Cl)c3)ncnc2s1. The van der Waals surface area contributed by atoms with Crippen LogP contribution in [0.25, 0.3) is 10.2 Å². The van der Waals surface area contributed by atoms with Crippen LogP contribution in [0.1, 0.15) is 10.4 Å². The Morgan fingerprint density at radius 2 is 2.13 bits per heavy atom. The molecule has 1 amide bonds. The highest BCUT2D eigenvalue weighted by molar-refractivity contribution is 8.00. The van der Waals surface area contributed by atoms with Gasteiger partial charge in [0.05, 0.1) is 5.75 Å². The largest absolute Gasteiger partial charge is 0.325 e. The first-order valence-corrected chi connectivity index (χ1v) is 9.11. The number of aryl methyl sites for hydroxylation is 2. The molecule has 0 aliphatic rings. The first kappa shape index (κ1) is 16.2. The maximum absolute atomic E-state index is 12.1. The molecule has 0 aliphatic carbocycles. The van der Waals surface area contributed by atoms with Crippen molar-refractivity contribution in [2.45, 2.75) is 18.9 Å². The van der Waals surface area contributed by atoms with E-state index in [2.05, 4.69) is 21.4 Å². The fraction of sp³-hybridized carbons (Fsp3) is 0.188.